The van der Waals surface area contributed by atoms with Gasteiger partial charge in [-0.15, -0.1) is 0 Å². The predicted octanol–water partition coefficient (Wildman–Crippen LogP) is 4.37. The molecule has 0 saturated carbocycles. The molecule has 3 aromatic carbocycles. The summed E-state index contributed by atoms with van der Waals surface area (Å²) >= 11 is 1.66. The van der Waals surface area contributed by atoms with E-state index in [-0.39, 0.29) is 10.8 Å². The molecule has 1 fully saturated rings. The summed E-state index contributed by atoms with van der Waals surface area (Å²) in [4.78, 5) is 21.9. The van der Waals surface area contributed by atoms with Crippen LogP contribution in [0.5, 0.6) is 0 Å². The molecular formula is C25H24N4O3S2. The minimum atomic E-state index is -3.74. The number of carbonyl (C=O) groups excluding carboxylic acids is 1. The van der Waals surface area contributed by atoms with Crippen LogP contribution in [0.3, 0.4) is 0 Å². The van der Waals surface area contributed by atoms with E-state index in [1.54, 1.807) is 40.5 Å². The number of fused-ring (bicyclic) bond motifs is 1. The van der Waals surface area contributed by atoms with Crippen molar-refractivity contribution in [2.75, 3.05) is 35.8 Å². The van der Waals surface area contributed by atoms with E-state index in [0.29, 0.717) is 37.4 Å². The molecule has 0 atom stereocenters. The van der Waals surface area contributed by atoms with Crippen LogP contribution < -0.4 is 9.62 Å². The molecule has 7 nitrogen and oxygen atoms in total. The monoisotopic (exact) mass is 492 g/mol. The normalized spacial score (nSPS) is 14.4. The Morgan fingerprint density at radius 2 is 1.59 bits per heavy atom. The molecule has 0 spiro atoms. The number of rotatable bonds is 5. The molecule has 0 aliphatic carbocycles. The van der Waals surface area contributed by atoms with Crippen LogP contribution >= 0.6 is 11.3 Å². The second-order valence-corrected chi connectivity index (χ2v) is 10.9. The maximum atomic E-state index is 13.0. The number of sulfonamides is 1. The molecule has 34 heavy (non-hydrogen) atoms. The smallest absolute Gasteiger partial charge is 0.261 e. The number of aryl methyl sites for hydroxylation is 1. The molecule has 1 aromatic heterocycles. The summed E-state index contributed by atoms with van der Waals surface area (Å²) in [5.74, 6) is -0.0974. The zero-order valence-corrected chi connectivity index (χ0v) is 20.3. The van der Waals surface area contributed by atoms with Gasteiger partial charge >= 0.3 is 0 Å². The first-order chi connectivity index (χ1) is 16.4. The second-order valence-electron chi connectivity index (χ2n) is 8.19. The minimum absolute atomic E-state index is 0.0974. The number of aromatic nitrogens is 1. The number of nitrogens with zero attached hydrogens (tertiary/aromatic N) is 3. The van der Waals surface area contributed by atoms with Crippen molar-refractivity contribution in [3.05, 3.63) is 83.9 Å². The number of hydrogen-bond acceptors (Lipinski definition) is 6. The topological polar surface area (TPSA) is 82.6 Å². The lowest BCUT2D eigenvalue weighted by Crippen LogP contribution is -2.48. The van der Waals surface area contributed by atoms with Crippen LogP contribution in [-0.4, -0.2) is 50.4 Å². The Hall–Kier alpha value is -3.43. The summed E-state index contributed by atoms with van der Waals surface area (Å²) in [5, 5.41) is 0.976. The lowest BCUT2D eigenvalue weighted by atomic mass is 10.2. The maximum absolute atomic E-state index is 13.0. The first kappa shape index (κ1) is 22.4. The molecule has 0 unspecified atom stereocenters. The van der Waals surface area contributed by atoms with Gasteiger partial charge in [-0.3, -0.25) is 9.52 Å². The Morgan fingerprint density at radius 3 is 2.29 bits per heavy atom. The molecule has 2 heterocycles. The van der Waals surface area contributed by atoms with Gasteiger partial charge in [-0.25, -0.2) is 13.4 Å². The van der Waals surface area contributed by atoms with Gasteiger partial charge in [-0.2, -0.15) is 0 Å². The maximum Gasteiger partial charge on any atom is 0.261 e. The van der Waals surface area contributed by atoms with E-state index in [4.69, 9.17) is 4.98 Å². The van der Waals surface area contributed by atoms with Crippen LogP contribution in [0.2, 0.25) is 0 Å². The SMILES string of the molecule is Cc1ccccc1NS(=O)(=O)c1ccc(C(=O)N2CCN(c3nc4ccccc4s3)CC2)cc1. The average molecular weight is 493 g/mol. The predicted molar refractivity (Wildman–Crippen MR) is 136 cm³/mol. The molecule has 5 rings (SSSR count). The van der Waals surface area contributed by atoms with Crippen LogP contribution in [-0.2, 0) is 10.0 Å². The summed E-state index contributed by atoms with van der Waals surface area (Å²) in [5.41, 5.74) is 2.84. The molecular weight excluding hydrogens is 468 g/mol. The molecule has 4 aromatic rings. The van der Waals surface area contributed by atoms with Crippen molar-refractivity contribution < 1.29 is 13.2 Å². The van der Waals surface area contributed by atoms with Crippen LogP contribution in [0.15, 0.2) is 77.7 Å². The number of anilines is 2. The van der Waals surface area contributed by atoms with Gasteiger partial charge in [0, 0.05) is 31.7 Å². The summed E-state index contributed by atoms with van der Waals surface area (Å²) < 4.78 is 29.3. The van der Waals surface area contributed by atoms with Crippen molar-refractivity contribution in [3.63, 3.8) is 0 Å². The first-order valence-electron chi connectivity index (χ1n) is 11.0. The number of benzene rings is 3. The van der Waals surface area contributed by atoms with Crippen molar-refractivity contribution in [2.45, 2.75) is 11.8 Å². The average Bonchev–Trinajstić information content (AvgIpc) is 3.30. The molecule has 1 saturated heterocycles. The number of carbonyl (C=O) groups is 1. The lowest BCUT2D eigenvalue weighted by molar-refractivity contribution is 0.0746. The van der Waals surface area contributed by atoms with E-state index in [9.17, 15) is 13.2 Å². The van der Waals surface area contributed by atoms with Gasteiger partial charge in [0.1, 0.15) is 0 Å². The van der Waals surface area contributed by atoms with Gasteiger partial charge in [-0.05, 0) is 55.0 Å². The van der Waals surface area contributed by atoms with Crippen LogP contribution in [0.25, 0.3) is 10.2 Å². The third-order valence-electron chi connectivity index (χ3n) is 5.92. The van der Waals surface area contributed by atoms with Crippen molar-refractivity contribution in [1.82, 2.24) is 9.88 Å². The molecule has 0 radical (unpaired) electrons. The van der Waals surface area contributed by atoms with Gasteiger partial charge in [0.05, 0.1) is 20.8 Å². The zero-order valence-electron chi connectivity index (χ0n) is 18.6. The standard InChI is InChI=1S/C25H24N4O3S2/c1-18-6-2-3-7-21(18)27-34(31,32)20-12-10-19(11-13-20)24(30)28-14-16-29(17-15-28)25-26-22-8-4-5-9-23(22)33-25/h2-13,27H,14-17H2,1H3. The highest BCUT2D eigenvalue weighted by Crippen LogP contribution is 2.29. The summed E-state index contributed by atoms with van der Waals surface area (Å²) in [7, 11) is -3.74. The fourth-order valence-electron chi connectivity index (χ4n) is 3.95. The second kappa shape index (κ2) is 9.08. The van der Waals surface area contributed by atoms with E-state index < -0.39 is 10.0 Å². The van der Waals surface area contributed by atoms with Crippen molar-refractivity contribution in [2.24, 2.45) is 0 Å². The Kier molecular flexibility index (Phi) is 5.97. The molecule has 0 bridgehead atoms. The summed E-state index contributed by atoms with van der Waals surface area (Å²) in [6, 6.07) is 21.4. The highest BCUT2D eigenvalue weighted by molar-refractivity contribution is 7.92. The van der Waals surface area contributed by atoms with E-state index in [1.165, 1.54) is 12.1 Å². The fraction of sp³-hybridized carbons (Fsp3) is 0.200. The van der Waals surface area contributed by atoms with E-state index in [2.05, 4.69) is 15.7 Å². The minimum Gasteiger partial charge on any atom is -0.345 e. The van der Waals surface area contributed by atoms with E-state index in [0.717, 1.165) is 20.9 Å². The van der Waals surface area contributed by atoms with Gasteiger partial charge < -0.3 is 9.80 Å². The van der Waals surface area contributed by atoms with E-state index >= 15 is 0 Å². The van der Waals surface area contributed by atoms with Gasteiger partial charge in [-0.1, -0.05) is 41.7 Å². The Balaban J connectivity index is 1.23. The number of nitrogens with one attached hydrogen (secondary N) is 1. The summed E-state index contributed by atoms with van der Waals surface area (Å²) in [6.45, 7) is 4.43. The van der Waals surface area contributed by atoms with Crippen molar-refractivity contribution >= 4 is 48.3 Å². The van der Waals surface area contributed by atoms with Gasteiger partial charge in [0.25, 0.3) is 15.9 Å². The molecule has 1 amide bonds. The fourth-order valence-corrected chi connectivity index (χ4v) is 6.09. The highest BCUT2D eigenvalue weighted by atomic mass is 32.2. The lowest BCUT2D eigenvalue weighted by Gasteiger charge is -2.34. The largest absolute Gasteiger partial charge is 0.345 e. The van der Waals surface area contributed by atoms with Gasteiger partial charge in [0.2, 0.25) is 0 Å². The third kappa shape index (κ3) is 4.49. The Morgan fingerprint density at radius 1 is 0.912 bits per heavy atom. The first-order valence-corrected chi connectivity index (χ1v) is 13.3. The van der Waals surface area contributed by atoms with E-state index in [1.807, 2.05) is 37.3 Å². The van der Waals surface area contributed by atoms with Crippen molar-refractivity contribution in [1.29, 1.82) is 0 Å². The van der Waals surface area contributed by atoms with Crippen LogP contribution in [0.1, 0.15) is 15.9 Å². The number of amides is 1. The molecule has 1 aliphatic rings. The quantitative estimate of drug-likeness (QED) is 0.447. The number of piperazine rings is 1. The Bertz CT molecular complexity index is 1410. The molecule has 1 aliphatic heterocycles. The number of para-hydroxylation sites is 2. The number of thiazole rings is 1. The number of hydrogen-bond donors (Lipinski definition) is 1. The van der Waals surface area contributed by atoms with Gasteiger partial charge in [0.15, 0.2) is 5.13 Å². The highest BCUT2D eigenvalue weighted by Gasteiger charge is 2.24. The summed E-state index contributed by atoms with van der Waals surface area (Å²) in [6.07, 6.45) is 0. The molecule has 1 N–H and O–H groups in total. The Labute approximate surface area is 202 Å². The van der Waals surface area contributed by atoms with Crippen molar-refractivity contribution in [3.8, 4) is 0 Å². The molecule has 174 valence electrons. The molecule has 9 heteroatoms. The van der Waals surface area contributed by atoms with Crippen LogP contribution in [0.4, 0.5) is 10.8 Å². The van der Waals surface area contributed by atoms with Crippen LogP contribution in [0, 0.1) is 6.92 Å². The third-order valence-corrected chi connectivity index (χ3v) is 8.40. The zero-order chi connectivity index (χ0) is 23.7.